The number of carbonyl (C=O) groups excluding carboxylic acids is 1. The number of fused-ring (bicyclic) bond motifs is 2. The van der Waals surface area contributed by atoms with E-state index in [0.717, 1.165) is 19.5 Å². The van der Waals surface area contributed by atoms with Crippen LogP contribution in [0.15, 0.2) is 23.1 Å². The largest absolute Gasteiger partial charge is 0.330 e. The van der Waals surface area contributed by atoms with Gasteiger partial charge in [0.2, 0.25) is 5.56 Å². The molecule has 2 atom stereocenters. The summed E-state index contributed by atoms with van der Waals surface area (Å²) >= 11 is 0. The van der Waals surface area contributed by atoms with Crippen LogP contribution in [0.3, 0.4) is 0 Å². The first kappa shape index (κ1) is 9.59. The lowest BCUT2D eigenvalue weighted by Crippen LogP contribution is -2.69. The van der Waals surface area contributed by atoms with Crippen LogP contribution in [-0.4, -0.2) is 41.0 Å². The van der Waals surface area contributed by atoms with Gasteiger partial charge in [-0.05, 0) is 12.5 Å². The van der Waals surface area contributed by atoms with Crippen molar-refractivity contribution in [2.24, 2.45) is 0 Å². The van der Waals surface area contributed by atoms with Crippen LogP contribution >= 0.6 is 0 Å². The minimum atomic E-state index is -0.179. The van der Waals surface area contributed by atoms with Gasteiger partial charge in [0.15, 0.2) is 0 Å². The second-order valence-corrected chi connectivity index (χ2v) is 4.36. The van der Waals surface area contributed by atoms with E-state index in [1.807, 2.05) is 4.90 Å². The van der Waals surface area contributed by atoms with Crippen molar-refractivity contribution < 1.29 is 4.79 Å². The summed E-state index contributed by atoms with van der Waals surface area (Å²) in [6.45, 7) is 1.76. The SMILES string of the molecule is O=C(c1ccc(=O)[nH]c1)N1C2CNCC1C2. The maximum Gasteiger partial charge on any atom is 0.255 e. The van der Waals surface area contributed by atoms with Gasteiger partial charge in [0, 0.05) is 37.4 Å². The molecule has 2 aliphatic heterocycles. The normalized spacial score (nSPS) is 27.4. The number of amides is 1. The Bertz CT molecular complexity index is 448. The summed E-state index contributed by atoms with van der Waals surface area (Å²) in [4.78, 5) is 27.5. The second-order valence-electron chi connectivity index (χ2n) is 4.36. The third-order valence-electron chi connectivity index (χ3n) is 3.36. The molecule has 0 radical (unpaired) electrons. The topological polar surface area (TPSA) is 65.2 Å². The van der Waals surface area contributed by atoms with Crippen molar-refractivity contribution in [2.45, 2.75) is 18.5 Å². The quantitative estimate of drug-likeness (QED) is 0.673. The van der Waals surface area contributed by atoms with Crippen LogP contribution in [-0.2, 0) is 0 Å². The molecule has 1 aromatic rings. The molecule has 2 N–H and O–H groups in total. The molecular formula is C11H13N3O2. The molecule has 2 unspecified atom stereocenters. The molecule has 0 aliphatic carbocycles. The molecule has 0 saturated carbocycles. The van der Waals surface area contributed by atoms with Crippen LogP contribution in [0, 0.1) is 0 Å². The Morgan fingerprint density at radius 1 is 1.31 bits per heavy atom. The van der Waals surface area contributed by atoms with Gasteiger partial charge in [-0.15, -0.1) is 0 Å². The fourth-order valence-electron chi connectivity index (χ4n) is 2.51. The average Bonchev–Trinajstić information content (AvgIpc) is 2.30. The molecule has 0 spiro atoms. The number of aromatic amines is 1. The highest BCUT2D eigenvalue weighted by Gasteiger charge is 2.44. The van der Waals surface area contributed by atoms with Gasteiger partial charge in [0.25, 0.3) is 5.91 Å². The third-order valence-corrected chi connectivity index (χ3v) is 3.36. The zero-order valence-electron chi connectivity index (χ0n) is 8.77. The zero-order valence-corrected chi connectivity index (χ0v) is 8.77. The summed E-state index contributed by atoms with van der Waals surface area (Å²) in [6, 6.07) is 3.64. The molecule has 1 aromatic heterocycles. The lowest BCUT2D eigenvalue weighted by Gasteiger charge is -2.53. The number of nitrogens with one attached hydrogen (secondary N) is 2. The maximum absolute atomic E-state index is 12.1. The van der Waals surface area contributed by atoms with Gasteiger partial charge >= 0.3 is 0 Å². The van der Waals surface area contributed by atoms with Crippen LogP contribution < -0.4 is 10.9 Å². The number of H-pyrrole nitrogens is 1. The number of piperidine rings is 1. The fourth-order valence-corrected chi connectivity index (χ4v) is 2.51. The first-order valence-electron chi connectivity index (χ1n) is 5.48. The molecule has 5 nitrogen and oxygen atoms in total. The molecule has 2 saturated heterocycles. The van der Waals surface area contributed by atoms with Crippen molar-refractivity contribution in [1.29, 1.82) is 0 Å². The Labute approximate surface area is 92.5 Å². The summed E-state index contributed by atoms with van der Waals surface area (Å²) < 4.78 is 0. The number of rotatable bonds is 1. The van der Waals surface area contributed by atoms with E-state index in [4.69, 9.17) is 0 Å². The molecule has 1 amide bonds. The van der Waals surface area contributed by atoms with E-state index in [1.54, 1.807) is 6.07 Å². The minimum Gasteiger partial charge on any atom is -0.330 e. The van der Waals surface area contributed by atoms with Gasteiger partial charge in [-0.2, -0.15) is 0 Å². The lowest BCUT2D eigenvalue weighted by atomic mass is 9.88. The Balaban J connectivity index is 1.83. The standard InChI is InChI=1S/C11H13N3O2/c15-10-2-1-7(4-13-10)11(16)14-8-3-9(14)6-12-5-8/h1-2,4,8-9,12H,3,5-6H2,(H,13,15). The third kappa shape index (κ3) is 1.36. The monoisotopic (exact) mass is 219 g/mol. The smallest absolute Gasteiger partial charge is 0.255 e. The van der Waals surface area contributed by atoms with E-state index in [2.05, 4.69) is 10.3 Å². The van der Waals surface area contributed by atoms with E-state index in [1.165, 1.54) is 12.3 Å². The summed E-state index contributed by atoms with van der Waals surface area (Å²) in [7, 11) is 0. The van der Waals surface area contributed by atoms with E-state index < -0.39 is 0 Å². The van der Waals surface area contributed by atoms with E-state index >= 15 is 0 Å². The van der Waals surface area contributed by atoms with Crippen molar-refractivity contribution >= 4 is 5.91 Å². The minimum absolute atomic E-state index is 0.0269. The summed E-state index contributed by atoms with van der Waals surface area (Å²) in [6.07, 6.45) is 2.59. The summed E-state index contributed by atoms with van der Waals surface area (Å²) in [5, 5.41) is 3.28. The molecule has 2 aliphatic rings. The summed E-state index contributed by atoms with van der Waals surface area (Å²) in [5.41, 5.74) is 0.387. The highest BCUT2D eigenvalue weighted by molar-refractivity contribution is 5.95. The number of hydrogen-bond donors (Lipinski definition) is 2. The van der Waals surface area contributed by atoms with Gasteiger partial charge in [0.05, 0.1) is 5.56 Å². The fraction of sp³-hybridized carbons (Fsp3) is 0.455. The molecule has 5 heteroatoms. The lowest BCUT2D eigenvalue weighted by molar-refractivity contribution is -0.00220. The van der Waals surface area contributed by atoms with Crippen LogP contribution in [0.5, 0.6) is 0 Å². The van der Waals surface area contributed by atoms with Crippen LogP contribution in [0.25, 0.3) is 0 Å². The van der Waals surface area contributed by atoms with Crippen molar-refractivity contribution in [3.8, 4) is 0 Å². The number of nitrogens with zero attached hydrogens (tertiary/aromatic N) is 1. The first-order valence-corrected chi connectivity index (χ1v) is 5.48. The number of pyridine rings is 1. The zero-order chi connectivity index (χ0) is 11.1. The number of carbonyl (C=O) groups is 1. The molecule has 2 bridgehead atoms. The average molecular weight is 219 g/mol. The van der Waals surface area contributed by atoms with Gasteiger partial charge in [0.1, 0.15) is 0 Å². The summed E-state index contributed by atoms with van der Waals surface area (Å²) in [5.74, 6) is 0.0269. The van der Waals surface area contributed by atoms with Crippen molar-refractivity contribution in [1.82, 2.24) is 15.2 Å². The van der Waals surface area contributed by atoms with Crippen LogP contribution in [0.1, 0.15) is 16.8 Å². The van der Waals surface area contributed by atoms with Crippen LogP contribution in [0.4, 0.5) is 0 Å². The molecular weight excluding hydrogens is 206 g/mol. The predicted molar refractivity (Wildman–Crippen MR) is 58.3 cm³/mol. The first-order chi connectivity index (χ1) is 7.75. The number of aromatic nitrogens is 1. The predicted octanol–water partition coefficient (Wildman–Crippen LogP) is -0.439. The van der Waals surface area contributed by atoms with Crippen LogP contribution in [0.2, 0.25) is 0 Å². The van der Waals surface area contributed by atoms with Gasteiger partial charge in [-0.1, -0.05) is 0 Å². The number of hydrogen-bond acceptors (Lipinski definition) is 3. The van der Waals surface area contributed by atoms with E-state index in [0.29, 0.717) is 17.6 Å². The maximum atomic E-state index is 12.1. The second kappa shape index (κ2) is 3.45. The Morgan fingerprint density at radius 3 is 2.62 bits per heavy atom. The highest BCUT2D eigenvalue weighted by Crippen LogP contribution is 2.29. The molecule has 3 rings (SSSR count). The van der Waals surface area contributed by atoms with Crippen molar-refractivity contribution in [3.05, 3.63) is 34.2 Å². The Morgan fingerprint density at radius 2 is 2.06 bits per heavy atom. The molecule has 16 heavy (non-hydrogen) atoms. The van der Waals surface area contributed by atoms with Gasteiger partial charge < -0.3 is 15.2 Å². The van der Waals surface area contributed by atoms with E-state index in [9.17, 15) is 9.59 Å². The van der Waals surface area contributed by atoms with Gasteiger partial charge in [-0.3, -0.25) is 9.59 Å². The molecule has 84 valence electrons. The number of piperazine rings is 1. The van der Waals surface area contributed by atoms with E-state index in [-0.39, 0.29) is 11.5 Å². The molecule has 0 aromatic carbocycles. The van der Waals surface area contributed by atoms with Crippen molar-refractivity contribution in [3.63, 3.8) is 0 Å². The Kier molecular flexibility index (Phi) is 2.07. The molecule has 3 heterocycles. The Hall–Kier alpha value is -1.62. The molecule has 2 fully saturated rings. The highest BCUT2D eigenvalue weighted by atomic mass is 16.2. The van der Waals surface area contributed by atoms with Gasteiger partial charge in [-0.25, -0.2) is 0 Å². The van der Waals surface area contributed by atoms with Crippen molar-refractivity contribution in [2.75, 3.05) is 13.1 Å².